The van der Waals surface area contributed by atoms with Gasteiger partial charge < -0.3 is 4.98 Å². The van der Waals surface area contributed by atoms with Gasteiger partial charge in [-0.15, -0.1) is 11.3 Å². The van der Waals surface area contributed by atoms with E-state index in [4.69, 9.17) is 4.98 Å². The van der Waals surface area contributed by atoms with Crippen molar-refractivity contribution in [1.82, 2.24) is 14.9 Å². The third kappa shape index (κ3) is 2.85. The highest BCUT2D eigenvalue weighted by Crippen LogP contribution is 2.46. The SMILES string of the molecule is CCc1ccc(CN2CCC3(CCc4c3nc(C3CC3)[nH]c4=O)CC2)s1. The molecule has 2 aromatic rings. The van der Waals surface area contributed by atoms with Crippen LogP contribution in [-0.2, 0) is 24.8 Å². The number of fused-ring (bicyclic) bond motifs is 2. The van der Waals surface area contributed by atoms with Gasteiger partial charge in [-0.1, -0.05) is 6.92 Å². The average molecular weight is 370 g/mol. The lowest BCUT2D eigenvalue weighted by Gasteiger charge is -2.39. The molecule has 1 saturated heterocycles. The number of nitrogens with zero attached hydrogens (tertiary/aromatic N) is 2. The summed E-state index contributed by atoms with van der Waals surface area (Å²) < 4.78 is 0. The number of nitrogens with one attached hydrogen (secondary N) is 1. The van der Waals surface area contributed by atoms with Gasteiger partial charge in [0.25, 0.3) is 5.56 Å². The Morgan fingerprint density at radius 2 is 2.00 bits per heavy atom. The van der Waals surface area contributed by atoms with Crippen LogP contribution in [0.4, 0.5) is 0 Å². The standard InChI is InChI=1S/C21H27N3OS/c1-2-15-5-6-16(26-15)13-24-11-9-21(10-12-24)8-7-17-18(21)22-19(14-3-4-14)23-20(17)25/h5-6,14H,2-4,7-13H2,1H3,(H,22,23,25). The average Bonchev–Trinajstić information content (AvgIpc) is 3.31. The van der Waals surface area contributed by atoms with Crippen LogP contribution in [0, 0.1) is 0 Å². The van der Waals surface area contributed by atoms with Crippen molar-refractivity contribution in [3.63, 3.8) is 0 Å². The minimum absolute atomic E-state index is 0.141. The van der Waals surface area contributed by atoms with Crippen molar-refractivity contribution in [1.29, 1.82) is 0 Å². The van der Waals surface area contributed by atoms with E-state index in [1.807, 2.05) is 11.3 Å². The lowest BCUT2D eigenvalue weighted by Crippen LogP contribution is -2.41. The summed E-state index contributed by atoms with van der Waals surface area (Å²) in [5.41, 5.74) is 2.44. The third-order valence-electron chi connectivity index (χ3n) is 6.61. The summed E-state index contributed by atoms with van der Waals surface area (Å²) in [6.07, 6.45) is 7.81. The summed E-state index contributed by atoms with van der Waals surface area (Å²) in [5, 5.41) is 0. The van der Waals surface area contributed by atoms with Crippen molar-refractivity contribution in [2.45, 2.75) is 69.7 Å². The highest BCUT2D eigenvalue weighted by Gasteiger charge is 2.44. The Morgan fingerprint density at radius 1 is 1.23 bits per heavy atom. The quantitative estimate of drug-likeness (QED) is 0.893. The van der Waals surface area contributed by atoms with Gasteiger partial charge in [-0.25, -0.2) is 4.98 Å². The van der Waals surface area contributed by atoms with Crippen molar-refractivity contribution in [3.8, 4) is 0 Å². The molecule has 5 heteroatoms. The number of thiophene rings is 1. The molecule has 26 heavy (non-hydrogen) atoms. The molecule has 3 aliphatic rings. The van der Waals surface area contributed by atoms with Gasteiger partial charge in [0.05, 0.1) is 5.69 Å². The van der Waals surface area contributed by atoms with Crippen LogP contribution in [0.25, 0.3) is 0 Å². The molecular formula is C21H27N3OS. The summed E-state index contributed by atoms with van der Waals surface area (Å²) in [5.74, 6) is 1.47. The molecule has 0 bridgehead atoms. The smallest absolute Gasteiger partial charge is 0.254 e. The number of aromatic nitrogens is 2. The molecule has 1 saturated carbocycles. The highest BCUT2D eigenvalue weighted by atomic mass is 32.1. The van der Waals surface area contributed by atoms with Crippen LogP contribution >= 0.6 is 11.3 Å². The van der Waals surface area contributed by atoms with Crippen LogP contribution in [0.15, 0.2) is 16.9 Å². The van der Waals surface area contributed by atoms with Crippen LogP contribution < -0.4 is 5.56 Å². The summed E-state index contributed by atoms with van der Waals surface area (Å²) in [7, 11) is 0. The van der Waals surface area contributed by atoms with Crippen LogP contribution in [-0.4, -0.2) is 28.0 Å². The van der Waals surface area contributed by atoms with Gasteiger partial charge in [0.2, 0.25) is 0 Å². The fraction of sp³-hybridized carbons (Fsp3) is 0.619. The van der Waals surface area contributed by atoms with Crippen LogP contribution in [0.1, 0.15) is 71.8 Å². The zero-order valence-corrected chi connectivity index (χ0v) is 16.3. The van der Waals surface area contributed by atoms with E-state index in [2.05, 4.69) is 28.9 Å². The summed E-state index contributed by atoms with van der Waals surface area (Å²) in [6.45, 7) is 5.53. The fourth-order valence-electron chi connectivity index (χ4n) is 4.76. The summed E-state index contributed by atoms with van der Waals surface area (Å²) in [4.78, 5) is 26.1. The highest BCUT2D eigenvalue weighted by molar-refractivity contribution is 7.11. The molecule has 1 N–H and O–H groups in total. The van der Waals surface area contributed by atoms with Gasteiger partial charge in [0.15, 0.2) is 0 Å². The molecule has 0 amide bonds. The van der Waals surface area contributed by atoms with E-state index in [1.165, 1.54) is 22.6 Å². The minimum atomic E-state index is 0.141. The first-order valence-corrected chi connectivity index (χ1v) is 10.9. The van der Waals surface area contributed by atoms with Crippen LogP contribution in [0.2, 0.25) is 0 Å². The molecule has 0 aromatic carbocycles. The molecule has 1 aliphatic heterocycles. The van der Waals surface area contributed by atoms with Gasteiger partial charge in [-0.05, 0) is 70.2 Å². The molecule has 2 aromatic heterocycles. The lowest BCUT2D eigenvalue weighted by molar-refractivity contribution is 0.151. The molecule has 3 heterocycles. The van der Waals surface area contributed by atoms with Crippen molar-refractivity contribution in [2.75, 3.05) is 13.1 Å². The van der Waals surface area contributed by atoms with E-state index in [9.17, 15) is 4.79 Å². The van der Waals surface area contributed by atoms with E-state index >= 15 is 0 Å². The zero-order valence-electron chi connectivity index (χ0n) is 15.5. The first kappa shape index (κ1) is 16.7. The number of piperidine rings is 1. The van der Waals surface area contributed by atoms with E-state index in [0.29, 0.717) is 5.92 Å². The Bertz CT molecular complexity index is 872. The maximum absolute atomic E-state index is 12.5. The Morgan fingerprint density at radius 3 is 2.69 bits per heavy atom. The third-order valence-corrected chi connectivity index (χ3v) is 7.83. The molecule has 4 nitrogen and oxygen atoms in total. The Kier molecular flexibility index (Phi) is 4.05. The second-order valence-corrected chi connectivity index (χ2v) is 9.58. The van der Waals surface area contributed by atoms with Gasteiger partial charge in [-0.3, -0.25) is 9.69 Å². The Hall–Kier alpha value is -1.46. The van der Waals surface area contributed by atoms with Crippen LogP contribution in [0.3, 0.4) is 0 Å². The fourth-order valence-corrected chi connectivity index (χ4v) is 5.76. The number of hydrogen-bond acceptors (Lipinski definition) is 4. The molecule has 2 aliphatic carbocycles. The Labute approximate surface area is 158 Å². The number of likely N-dealkylation sites (tertiary alicyclic amines) is 1. The summed E-state index contributed by atoms with van der Waals surface area (Å²) >= 11 is 1.95. The van der Waals surface area contributed by atoms with Crippen molar-refractivity contribution < 1.29 is 0 Å². The van der Waals surface area contributed by atoms with E-state index in [1.54, 1.807) is 0 Å². The first-order valence-electron chi connectivity index (χ1n) is 10.1. The van der Waals surface area contributed by atoms with Gasteiger partial charge in [0, 0.05) is 33.2 Å². The summed E-state index contributed by atoms with van der Waals surface area (Å²) in [6, 6.07) is 4.57. The molecule has 0 unspecified atom stereocenters. The van der Waals surface area contributed by atoms with Gasteiger partial charge in [-0.2, -0.15) is 0 Å². The number of aryl methyl sites for hydroxylation is 1. The molecule has 5 rings (SSSR count). The molecule has 2 fully saturated rings. The molecule has 0 radical (unpaired) electrons. The number of rotatable bonds is 4. The normalized spacial score (nSPS) is 22.0. The van der Waals surface area contributed by atoms with Crippen molar-refractivity contribution in [2.24, 2.45) is 0 Å². The van der Waals surface area contributed by atoms with Crippen LogP contribution in [0.5, 0.6) is 0 Å². The first-order chi connectivity index (χ1) is 12.7. The minimum Gasteiger partial charge on any atom is -0.310 e. The van der Waals surface area contributed by atoms with E-state index in [0.717, 1.165) is 68.8 Å². The predicted molar refractivity (Wildman–Crippen MR) is 105 cm³/mol. The monoisotopic (exact) mass is 369 g/mol. The van der Waals surface area contributed by atoms with Crippen molar-refractivity contribution >= 4 is 11.3 Å². The molecule has 1 spiro atoms. The number of H-pyrrole nitrogens is 1. The topological polar surface area (TPSA) is 49.0 Å². The number of aromatic amines is 1. The molecular weight excluding hydrogens is 342 g/mol. The maximum atomic E-state index is 12.5. The predicted octanol–water partition coefficient (Wildman–Crippen LogP) is 3.75. The second-order valence-electron chi connectivity index (χ2n) is 8.33. The maximum Gasteiger partial charge on any atom is 0.254 e. The van der Waals surface area contributed by atoms with E-state index < -0.39 is 0 Å². The number of hydrogen-bond donors (Lipinski definition) is 1. The molecule has 0 atom stereocenters. The van der Waals surface area contributed by atoms with Gasteiger partial charge >= 0.3 is 0 Å². The van der Waals surface area contributed by atoms with Gasteiger partial charge in [0.1, 0.15) is 5.82 Å². The lowest BCUT2D eigenvalue weighted by atomic mass is 9.76. The second kappa shape index (κ2) is 6.31. The zero-order chi connectivity index (χ0) is 17.7. The van der Waals surface area contributed by atoms with Crippen molar-refractivity contribution in [3.05, 3.63) is 49.3 Å². The Balaban J connectivity index is 1.33. The van der Waals surface area contributed by atoms with E-state index in [-0.39, 0.29) is 11.0 Å². The molecule has 138 valence electrons. The largest absolute Gasteiger partial charge is 0.310 e.